The summed E-state index contributed by atoms with van der Waals surface area (Å²) in [4.78, 5) is 0. The van der Waals surface area contributed by atoms with Gasteiger partial charge in [0.2, 0.25) is 10.0 Å². The third kappa shape index (κ3) is 2.91. The van der Waals surface area contributed by atoms with E-state index in [4.69, 9.17) is 0 Å². The molecule has 6 heteroatoms. The summed E-state index contributed by atoms with van der Waals surface area (Å²) in [7, 11) is -3.20. The van der Waals surface area contributed by atoms with Gasteiger partial charge in [-0.25, -0.2) is 12.8 Å². The lowest BCUT2D eigenvalue weighted by molar-refractivity contribution is 0.599. The number of benzene rings is 2. The monoisotopic (exact) mass is 417 g/mol. The highest BCUT2D eigenvalue weighted by atomic mass is 127. The highest BCUT2D eigenvalue weighted by molar-refractivity contribution is 14.1. The van der Waals surface area contributed by atoms with Crippen LogP contribution in [0.5, 0.6) is 0 Å². The van der Waals surface area contributed by atoms with Crippen molar-refractivity contribution < 1.29 is 12.8 Å². The summed E-state index contributed by atoms with van der Waals surface area (Å²) < 4.78 is 39.8. The van der Waals surface area contributed by atoms with Gasteiger partial charge in [0.05, 0.1) is 11.4 Å². The van der Waals surface area contributed by atoms with Crippen LogP contribution in [0.1, 0.15) is 6.42 Å². The molecule has 1 aliphatic heterocycles. The van der Waals surface area contributed by atoms with E-state index >= 15 is 0 Å². The molecule has 1 saturated heterocycles. The molecule has 0 radical (unpaired) electrons. The average Bonchev–Trinajstić information content (AvgIpc) is 2.81. The maximum atomic E-state index is 13.4. The molecular weight excluding hydrogens is 404 g/mol. The number of hydrogen-bond donors (Lipinski definition) is 0. The molecule has 110 valence electrons. The fourth-order valence-corrected chi connectivity index (χ4v) is 4.68. The summed E-state index contributed by atoms with van der Waals surface area (Å²) in [6, 6.07) is 11.9. The standard InChI is InChI=1S/C15H13FINO2S/c16-12-5-6-15(17)14(10-12)11-3-1-4-13(9-11)18-7-2-8-21(18,19)20/h1,3-6,9-10H,2,7-8H2. The van der Waals surface area contributed by atoms with Gasteiger partial charge in [0.25, 0.3) is 0 Å². The van der Waals surface area contributed by atoms with E-state index in [0.717, 1.165) is 14.7 Å². The predicted octanol–water partition coefficient (Wildman–Crippen LogP) is 3.64. The maximum absolute atomic E-state index is 13.4. The topological polar surface area (TPSA) is 37.4 Å². The fourth-order valence-electron chi connectivity index (χ4n) is 2.48. The average molecular weight is 417 g/mol. The Labute approximate surface area is 137 Å². The molecular formula is C15H13FINO2S. The van der Waals surface area contributed by atoms with E-state index in [2.05, 4.69) is 22.6 Å². The van der Waals surface area contributed by atoms with Crippen LogP contribution in [0.4, 0.5) is 10.1 Å². The van der Waals surface area contributed by atoms with Crippen LogP contribution in [-0.4, -0.2) is 20.7 Å². The molecule has 1 aliphatic rings. The molecule has 3 rings (SSSR count). The Balaban J connectivity index is 2.07. The van der Waals surface area contributed by atoms with Gasteiger partial charge >= 0.3 is 0 Å². The Hall–Kier alpha value is -1.15. The molecule has 0 atom stereocenters. The molecule has 2 aromatic carbocycles. The van der Waals surface area contributed by atoms with Crippen molar-refractivity contribution in [3.05, 3.63) is 51.9 Å². The summed E-state index contributed by atoms with van der Waals surface area (Å²) in [5.74, 6) is -0.112. The molecule has 0 saturated carbocycles. The van der Waals surface area contributed by atoms with Crippen molar-refractivity contribution in [2.45, 2.75) is 6.42 Å². The number of hydrogen-bond acceptors (Lipinski definition) is 2. The second kappa shape index (κ2) is 5.57. The Morgan fingerprint density at radius 1 is 1.14 bits per heavy atom. The van der Waals surface area contributed by atoms with Crippen LogP contribution < -0.4 is 4.31 Å². The normalized spacial score (nSPS) is 17.1. The quantitative estimate of drug-likeness (QED) is 0.700. The number of rotatable bonds is 2. The Morgan fingerprint density at radius 2 is 1.95 bits per heavy atom. The van der Waals surface area contributed by atoms with Crippen LogP contribution in [0, 0.1) is 9.39 Å². The van der Waals surface area contributed by atoms with Crippen molar-refractivity contribution in [3.63, 3.8) is 0 Å². The summed E-state index contributed by atoms with van der Waals surface area (Å²) >= 11 is 2.15. The number of anilines is 1. The molecule has 0 unspecified atom stereocenters. The molecule has 0 bridgehead atoms. The van der Waals surface area contributed by atoms with Crippen LogP contribution in [-0.2, 0) is 10.0 Å². The first kappa shape index (κ1) is 14.8. The van der Waals surface area contributed by atoms with Crippen LogP contribution in [0.15, 0.2) is 42.5 Å². The second-order valence-electron chi connectivity index (χ2n) is 4.92. The van der Waals surface area contributed by atoms with Crippen molar-refractivity contribution in [3.8, 4) is 11.1 Å². The van der Waals surface area contributed by atoms with Crippen LogP contribution in [0.25, 0.3) is 11.1 Å². The zero-order valence-corrected chi connectivity index (χ0v) is 14.1. The van der Waals surface area contributed by atoms with Gasteiger partial charge in [-0.15, -0.1) is 0 Å². The SMILES string of the molecule is O=S1(=O)CCCN1c1cccc(-c2cc(F)ccc2I)c1. The molecule has 1 heterocycles. The zero-order valence-electron chi connectivity index (χ0n) is 11.1. The maximum Gasteiger partial charge on any atom is 0.235 e. The summed E-state index contributed by atoms with van der Waals surface area (Å²) in [5.41, 5.74) is 2.23. The third-order valence-corrected chi connectivity index (χ3v) is 6.28. The number of halogens is 2. The molecule has 0 aromatic heterocycles. The summed E-state index contributed by atoms with van der Waals surface area (Å²) in [6.07, 6.45) is 0.643. The smallest absolute Gasteiger partial charge is 0.235 e. The van der Waals surface area contributed by atoms with Gasteiger partial charge in [0.1, 0.15) is 5.82 Å². The highest BCUT2D eigenvalue weighted by Crippen LogP contribution is 2.31. The summed E-state index contributed by atoms with van der Waals surface area (Å²) in [5, 5.41) is 0. The fraction of sp³-hybridized carbons (Fsp3) is 0.200. The molecule has 2 aromatic rings. The van der Waals surface area contributed by atoms with Crippen LogP contribution in [0.2, 0.25) is 0 Å². The van der Waals surface area contributed by atoms with Crippen molar-refractivity contribution in [1.29, 1.82) is 0 Å². The van der Waals surface area contributed by atoms with E-state index in [9.17, 15) is 12.8 Å². The van der Waals surface area contributed by atoms with E-state index in [0.29, 0.717) is 18.7 Å². The van der Waals surface area contributed by atoms with Gasteiger partial charge in [-0.05, 0) is 70.5 Å². The first-order chi connectivity index (χ1) is 9.97. The number of nitrogens with zero attached hydrogens (tertiary/aromatic N) is 1. The second-order valence-corrected chi connectivity index (χ2v) is 8.09. The highest BCUT2D eigenvalue weighted by Gasteiger charge is 2.28. The Morgan fingerprint density at radius 3 is 2.67 bits per heavy atom. The minimum atomic E-state index is -3.20. The Kier molecular flexibility index (Phi) is 3.92. The van der Waals surface area contributed by atoms with Crippen molar-refractivity contribution in [1.82, 2.24) is 0 Å². The zero-order chi connectivity index (χ0) is 15.0. The lowest BCUT2D eigenvalue weighted by atomic mass is 10.1. The first-order valence-electron chi connectivity index (χ1n) is 6.53. The van der Waals surface area contributed by atoms with E-state index in [1.165, 1.54) is 16.4 Å². The van der Waals surface area contributed by atoms with E-state index in [1.807, 2.05) is 6.07 Å². The van der Waals surface area contributed by atoms with E-state index in [1.54, 1.807) is 24.3 Å². The molecule has 21 heavy (non-hydrogen) atoms. The predicted molar refractivity (Wildman–Crippen MR) is 90.3 cm³/mol. The third-order valence-electron chi connectivity index (χ3n) is 3.47. The van der Waals surface area contributed by atoms with Gasteiger partial charge in [0, 0.05) is 10.1 Å². The van der Waals surface area contributed by atoms with Gasteiger partial charge in [-0.1, -0.05) is 12.1 Å². The lowest BCUT2D eigenvalue weighted by Crippen LogP contribution is -2.24. The lowest BCUT2D eigenvalue weighted by Gasteiger charge is -2.18. The van der Waals surface area contributed by atoms with E-state index < -0.39 is 10.0 Å². The van der Waals surface area contributed by atoms with Crippen molar-refractivity contribution >= 4 is 38.3 Å². The van der Waals surface area contributed by atoms with E-state index in [-0.39, 0.29) is 11.6 Å². The van der Waals surface area contributed by atoms with Crippen LogP contribution in [0.3, 0.4) is 0 Å². The van der Waals surface area contributed by atoms with Crippen molar-refractivity contribution in [2.24, 2.45) is 0 Å². The minimum absolute atomic E-state index is 0.189. The molecule has 3 nitrogen and oxygen atoms in total. The Bertz CT molecular complexity index is 792. The molecule has 0 N–H and O–H groups in total. The molecule has 1 fully saturated rings. The van der Waals surface area contributed by atoms with Crippen LogP contribution >= 0.6 is 22.6 Å². The minimum Gasteiger partial charge on any atom is -0.270 e. The summed E-state index contributed by atoms with van der Waals surface area (Å²) in [6.45, 7) is 0.506. The molecule has 0 amide bonds. The van der Waals surface area contributed by atoms with Gasteiger partial charge in [-0.3, -0.25) is 4.31 Å². The molecule has 0 spiro atoms. The van der Waals surface area contributed by atoms with Gasteiger partial charge < -0.3 is 0 Å². The van der Waals surface area contributed by atoms with Gasteiger partial charge in [0.15, 0.2) is 0 Å². The largest absolute Gasteiger partial charge is 0.270 e. The first-order valence-corrected chi connectivity index (χ1v) is 9.22. The van der Waals surface area contributed by atoms with Crippen molar-refractivity contribution in [2.75, 3.05) is 16.6 Å². The molecule has 0 aliphatic carbocycles. The van der Waals surface area contributed by atoms with Gasteiger partial charge in [-0.2, -0.15) is 0 Å². The number of sulfonamides is 1.